The Hall–Kier alpha value is -1.16. The molecule has 0 saturated heterocycles. The van der Waals surface area contributed by atoms with Gasteiger partial charge in [-0.15, -0.1) is 11.8 Å². The average Bonchev–Trinajstić information content (AvgIpc) is 2.34. The standard InChI is InChI=1S/C13H20N2OS/c1-10(2)8-15-13(16)9-14-11-6-4-5-7-12(11)17-3/h4-7,10,14H,8-9H2,1-3H3,(H,15,16). The van der Waals surface area contributed by atoms with Gasteiger partial charge in [-0.1, -0.05) is 26.0 Å². The molecular weight excluding hydrogens is 232 g/mol. The van der Waals surface area contributed by atoms with Gasteiger partial charge in [-0.3, -0.25) is 4.79 Å². The van der Waals surface area contributed by atoms with Crippen molar-refractivity contribution < 1.29 is 4.79 Å². The van der Waals surface area contributed by atoms with Crippen LogP contribution >= 0.6 is 11.8 Å². The first-order valence-electron chi connectivity index (χ1n) is 5.77. The summed E-state index contributed by atoms with van der Waals surface area (Å²) in [5, 5.41) is 6.04. The zero-order valence-electron chi connectivity index (χ0n) is 10.6. The summed E-state index contributed by atoms with van der Waals surface area (Å²) in [6.07, 6.45) is 2.03. The van der Waals surface area contributed by atoms with Crippen molar-refractivity contribution in [2.45, 2.75) is 18.7 Å². The van der Waals surface area contributed by atoms with E-state index in [9.17, 15) is 4.79 Å². The lowest BCUT2D eigenvalue weighted by Crippen LogP contribution is -2.32. The van der Waals surface area contributed by atoms with Gasteiger partial charge in [0.05, 0.1) is 6.54 Å². The molecular formula is C13H20N2OS. The van der Waals surface area contributed by atoms with Crippen LogP contribution in [0.1, 0.15) is 13.8 Å². The summed E-state index contributed by atoms with van der Waals surface area (Å²) < 4.78 is 0. The van der Waals surface area contributed by atoms with Crippen LogP contribution in [0.3, 0.4) is 0 Å². The molecule has 0 heterocycles. The third-order valence-electron chi connectivity index (χ3n) is 2.25. The van der Waals surface area contributed by atoms with Gasteiger partial charge in [0.2, 0.25) is 5.91 Å². The second-order valence-electron chi connectivity index (χ2n) is 4.25. The van der Waals surface area contributed by atoms with E-state index < -0.39 is 0 Å². The number of carbonyl (C=O) groups is 1. The Morgan fingerprint density at radius 3 is 2.71 bits per heavy atom. The Bertz CT molecular complexity index is 366. The number of para-hydroxylation sites is 1. The maximum Gasteiger partial charge on any atom is 0.239 e. The second kappa shape index (κ2) is 7.22. The van der Waals surface area contributed by atoms with E-state index in [-0.39, 0.29) is 5.91 Å². The SMILES string of the molecule is CSc1ccccc1NCC(=O)NCC(C)C. The zero-order chi connectivity index (χ0) is 12.7. The van der Waals surface area contributed by atoms with E-state index in [1.807, 2.05) is 30.5 Å². The molecule has 0 aliphatic heterocycles. The van der Waals surface area contributed by atoms with E-state index >= 15 is 0 Å². The highest BCUT2D eigenvalue weighted by Gasteiger charge is 2.04. The zero-order valence-corrected chi connectivity index (χ0v) is 11.4. The van der Waals surface area contributed by atoms with Crippen LogP contribution in [-0.4, -0.2) is 25.3 Å². The van der Waals surface area contributed by atoms with Crippen LogP contribution in [0.15, 0.2) is 29.2 Å². The number of carbonyl (C=O) groups excluding carboxylic acids is 1. The molecule has 1 rings (SSSR count). The quantitative estimate of drug-likeness (QED) is 0.765. The highest BCUT2D eigenvalue weighted by atomic mass is 32.2. The summed E-state index contributed by atoms with van der Waals surface area (Å²) in [5.41, 5.74) is 1.01. The number of amides is 1. The lowest BCUT2D eigenvalue weighted by molar-refractivity contribution is -0.119. The third kappa shape index (κ3) is 5.13. The molecule has 0 aliphatic rings. The van der Waals surface area contributed by atoms with Crippen LogP contribution in [0.4, 0.5) is 5.69 Å². The van der Waals surface area contributed by atoms with Gasteiger partial charge in [0.15, 0.2) is 0 Å². The number of benzene rings is 1. The van der Waals surface area contributed by atoms with E-state index in [1.165, 1.54) is 0 Å². The summed E-state index contributed by atoms with van der Waals surface area (Å²) in [6.45, 7) is 5.21. The van der Waals surface area contributed by atoms with Gasteiger partial charge in [-0.05, 0) is 24.3 Å². The Morgan fingerprint density at radius 1 is 1.35 bits per heavy atom. The summed E-state index contributed by atoms with van der Waals surface area (Å²) in [7, 11) is 0. The Balaban J connectivity index is 2.42. The molecule has 1 aromatic carbocycles. The summed E-state index contributed by atoms with van der Waals surface area (Å²) in [5.74, 6) is 0.520. The van der Waals surface area contributed by atoms with Crippen molar-refractivity contribution in [3.05, 3.63) is 24.3 Å². The largest absolute Gasteiger partial charge is 0.375 e. The number of thioether (sulfide) groups is 1. The monoisotopic (exact) mass is 252 g/mol. The van der Waals surface area contributed by atoms with Crippen LogP contribution in [-0.2, 0) is 4.79 Å². The predicted molar refractivity (Wildman–Crippen MR) is 74.6 cm³/mol. The molecule has 0 unspecified atom stereocenters. The molecule has 0 bridgehead atoms. The van der Waals surface area contributed by atoms with Crippen LogP contribution in [0.5, 0.6) is 0 Å². The maximum atomic E-state index is 11.5. The average molecular weight is 252 g/mol. The third-order valence-corrected chi connectivity index (χ3v) is 3.05. The smallest absolute Gasteiger partial charge is 0.239 e. The highest BCUT2D eigenvalue weighted by Crippen LogP contribution is 2.24. The lowest BCUT2D eigenvalue weighted by atomic mass is 10.2. The minimum atomic E-state index is 0.0367. The lowest BCUT2D eigenvalue weighted by Gasteiger charge is -2.11. The fraction of sp³-hybridized carbons (Fsp3) is 0.462. The van der Waals surface area contributed by atoms with E-state index in [0.717, 1.165) is 17.1 Å². The van der Waals surface area contributed by atoms with E-state index in [4.69, 9.17) is 0 Å². The molecule has 4 heteroatoms. The Labute approximate surface area is 107 Å². The number of hydrogen-bond donors (Lipinski definition) is 2. The van der Waals surface area contributed by atoms with Gasteiger partial charge in [-0.2, -0.15) is 0 Å². The molecule has 0 atom stereocenters. The molecule has 1 amide bonds. The Kier molecular flexibility index (Phi) is 5.91. The van der Waals surface area contributed by atoms with Crippen molar-refractivity contribution in [1.29, 1.82) is 0 Å². The molecule has 0 fully saturated rings. The van der Waals surface area contributed by atoms with Gasteiger partial charge < -0.3 is 10.6 Å². The first kappa shape index (κ1) is 13.9. The number of anilines is 1. The summed E-state index contributed by atoms with van der Waals surface area (Å²) >= 11 is 1.67. The van der Waals surface area contributed by atoms with E-state index in [1.54, 1.807) is 11.8 Å². The van der Waals surface area contributed by atoms with Crippen molar-refractivity contribution in [2.75, 3.05) is 24.7 Å². The van der Waals surface area contributed by atoms with E-state index in [2.05, 4.69) is 24.5 Å². The molecule has 1 aromatic rings. The van der Waals surface area contributed by atoms with Crippen LogP contribution in [0, 0.1) is 5.92 Å². The van der Waals surface area contributed by atoms with Crippen LogP contribution in [0.25, 0.3) is 0 Å². The summed E-state index contributed by atoms with van der Waals surface area (Å²) in [4.78, 5) is 12.7. The molecule has 0 aromatic heterocycles. The van der Waals surface area contributed by atoms with Gasteiger partial charge in [-0.25, -0.2) is 0 Å². The van der Waals surface area contributed by atoms with Crippen LogP contribution < -0.4 is 10.6 Å². The molecule has 3 nitrogen and oxygen atoms in total. The molecule has 94 valence electrons. The van der Waals surface area contributed by atoms with Crippen molar-refractivity contribution in [1.82, 2.24) is 5.32 Å². The fourth-order valence-electron chi connectivity index (χ4n) is 1.35. The minimum Gasteiger partial charge on any atom is -0.375 e. The highest BCUT2D eigenvalue weighted by molar-refractivity contribution is 7.98. The molecule has 0 spiro atoms. The van der Waals surface area contributed by atoms with Crippen LogP contribution in [0.2, 0.25) is 0 Å². The van der Waals surface area contributed by atoms with Crippen molar-refractivity contribution >= 4 is 23.4 Å². The topological polar surface area (TPSA) is 41.1 Å². The second-order valence-corrected chi connectivity index (χ2v) is 5.10. The van der Waals surface area contributed by atoms with E-state index in [0.29, 0.717) is 12.5 Å². The van der Waals surface area contributed by atoms with Gasteiger partial charge in [0.1, 0.15) is 0 Å². The van der Waals surface area contributed by atoms with Gasteiger partial charge >= 0.3 is 0 Å². The number of rotatable bonds is 6. The molecule has 2 N–H and O–H groups in total. The van der Waals surface area contributed by atoms with Crippen molar-refractivity contribution in [3.8, 4) is 0 Å². The Morgan fingerprint density at radius 2 is 2.06 bits per heavy atom. The van der Waals surface area contributed by atoms with Crippen molar-refractivity contribution in [3.63, 3.8) is 0 Å². The maximum absolute atomic E-state index is 11.5. The first-order chi connectivity index (χ1) is 8.13. The van der Waals surface area contributed by atoms with Gasteiger partial charge in [0, 0.05) is 17.1 Å². The molecule has 0 aliphatic carbocycles. The minimum absolute atomic E-state index is 0.0367. The molecule has 17 heavy (non-hydrogen) atoms. The molecule has 0 radical (unpaired) electrons. The predicted octanol–water partition coefficient (Wildman–Crippen LogP) is 2.59. The van der Waals surface area contributed by atoms with Gasteiger partial charge in [0.25, 0.3) is 0 Å². The summed E-state index contributed by atoms with van der Waals surface area (Å²) in [6, 6.07) is 7.99. The normalized spacial score (nSPS) is 10.4. The number of nitrogens with one attached hydrogen (secondary N) is 2. The van der Waals surface area contributed by atoms with Crippen molar-refractivity contribution in [2.24, 2.45) is 5.92 Å². The fourth-order valence-corrected chi connectivity index (χ4v) is 1.92. The first-order valence-corrected chi connectivity index (χ1v) is 6.99. The number of hydrogen-bond acceptors (Lipinski definition) is 3. The molecule has 0 saturated carbocycles.